The van der Waals surface area contributed by atoms with Crippen molar-refractivity contribution in [2.45, 2.75) is 52.9 Å². The molecule has 74 valence electrons. The number of hydrogen-bond acceptors (Lipinski definition) is 0. The van der Waals surface area contributed by atoms with Crippen LogP contribution in [0, 0.1) is 5.92 Å². The van der Waals surface area contributed by atoms with E-state index in [1.807, 2.05) is 0 Å². The second-order valence-electron chi connectivity index (χ2n) is 4.24. The van der Waals surface area contributed by atoms with Crippen molar-refractivity contribution in [3.8, 4) is 0 Å². The topological polar surface area (TPSA) is 0 Å². The molecule has 0 bridgehead atoms. The first kappa shape index (κ1) is 10.6. The van der Waals surface area contributed by atoms with Crippen LogP contribution >= 0.6 is 0 Å². The molecule has 0 heteroatoms. The van der Waals surface area contributed by atoms with Crippen LogP contribution in [0.1, 0.15) is 52.9 Å². The molecule has 0 amide bonds. The van der Waals surface area contributed by atoms with Gasteiger partial charge in [0, 0.05) is 0 Å². The molecule has 0 nitrogen and oxygen atoms in total. The van der Waals surface area contributed by atoms with E-state index in [2.05, 4.69) is 32.9 Å². The van der Waals surface area contributed by atoms with E-state index < -0.39 is 0 Å². The van der Waals surface area contributed by atoms with Gasteiger partial charge in [0.05, 0.1) is 0 Å². The van der Waals surface area contributed by atoms with Gasteiger partial charge in [0.15, 0.2) is 0 Å². The summed E-state index contributed by atoms with van der Waals surface area (Å²) in [6.45, 7) is 6.90. The lowest BCUT2D eigenvalue weighted by Crippen LogP contribution is -1.89. The zero-order valence-electron chi connectivity index (χ0n) is 9.27. The SMILES string of the molecule is CCC1=C(C)CCCC(C)C=CC1. The molecule has 0 saturated heterocycles. The van der Waals surface area contributed by atoms with Crippen molar-refractivity contribution < 1.29 is 0 Å². The molecule has 0 aliphatic heterocycles. The fraction of sp³-hybridized carbons (Fsp3) is 0.692. The van der Waals surface area contributed by atoms with E-state index in [0.717, 1.165) is 5.92 Å². The highest BCUT2D eigenvalue weighted by molar-refractivity contribution is 5.16. The van der Waals surface area contributed by atoms with Gasteiger partial charge in [-0.15, -0.1) is 0 Å². The van der Waals surface area contributed by atoms with E-state index in [1.54, 1.807) is 11.1 Å². The van der Waals surface area contributed by atoms with Gasteiger partial charge in [-0.05, 0) is 44.9 Å². The molecule has 1 atom stereocenters. The van der Waals surface area contributed by atoms with Crippen LogP contribution in [-0.2, 0) is 0 Å². The van der Waals surface area contributed by atoms with Crippen LogP contribution in [-0.4, -0.2) is 0 Å². The first-order valence-electron chi connectivity index (χ1n) is 5.58. The minimum atomic E-state index is 0.781. The molecular formula is C13H22. The van der Waals surface area contributed by atoms with E-state index >= 15 is 0 Å². The van der Waals surface area contributed by atoms with Gasteiger partial charge in [0.1, 0.15) is 0 Å². The Morgan fingerprint density at radius 2 is 2.23 bits per heavy atom. The normalized spacial score (nSPS) is 25.3. The Labute approximate surface area is 82.7 Å². The fourth-order valence-corrected chi connectivity index (χ4v) is 2.03. The maximum absolute atomic E-state index is 2.38. The summed E-state index contributed by atoms with van der Waals surface area (Å²) < 4.78 is 0. The summed E-state index contributed by atoms with van der Waals surface area (Å²) in [5.74, 6) is 0.781. The summed E-state index contributed by atoms with van der Waals surface area (Å²) in [5.41, 5.74) is 3.30. The lowest BCUT2D eigenvalue weighted by Gasteiger charge is -2.07. The average Bonchev–Trinajstić information content (AvgIpc) is 2.18. The van der Waals surface area contributed by atoms with Gasteiger partial charge >= 0.3 is 0 Å². The van der Waals surface area contributed by atoms with Gasteiger partial charge in [-0.2, -0.15) is 0 Å². The van der Waals surface area contributed by atoms with Gasteiger partial charge in [-0.1, -0.05) is 37.1 Å². The van der Waals surface area contributed by atoms with Crippen molar-refractivity contribution in [2.24, 2.45) is 5.92 Å². The van der Waals surface area contributed by atoms with Gasteiger partial charge in [0.25, 0.3) is 0 Å². The molecule has 0 aromatic carbocycles. The third kappa shape index (κ3) is 3.38. The van der Waals surface area contributed by atoms with Gasteiger partial charge in [0.2, 0.25) is 0 Å². The molecule has 0 aromatic heterocycles. The Kier molecular flexibility index (Phi) is 4.27. The van der Waals surface area contributed by atoms with E-state index in [0.29, 0.717) is 0 Å². The third-order valence-corrected chi connectivity index (χ3v) is 3.07. The highest BCUT2D eigenvalue weighted by Gasteiger charge is 2.04. The highest BCUT2D eigenvalue weighted by atomic mass is 14.1. The van der Waals surface area contributed by atoms with Crippen molar-refractivity contribution in [3.05, 3.63) is 23.3 Å². The molecule has 0 spiro atoms. The summed E-state index contributed by atoms with van der Waals surface area (Å²) >= 11 is 0. The molecule has 0 fully saturated rings. The second kappa shape index (κ2) is 5.26. The van der Waals surface area contributed by atoms with E-state index in [4.69, 9.17) is 0 Å². The van der Waals surface area contributed by atoms with Gasteiger partial charge in [-0.25, -0.2) is 0 Å². The monoisotopic (exact) mass is 178 g/mol. The molecule has 0 N–H and O–H groups in total. The molecule has 0 saturated carbocycles. The van der Waals surface area contributed by atoms with E-state index in [1.165, 1.54) is 32.1 Å². The van der Waals surface area contributed by atoms with Crippen LogP contribution in [0.3, 0.4) is 0 Å². The summed E-state index contributed by atoms with van der Waals surface area (Å²) in [6.07, 6.45) is 11.2. The Balaban J connectivity index is 2.67. The van der Waals surface area contributed by atoms with E-state index in [9.17, 15) is 0 Å². The van der Waals surface area contributed by atoms with Crippen LogP contribution in [0.25, 0.3) is 0 Å². The quantitative estimate of drug-likeness (QED) is 0.519. The van der Waals surface area contributed by atoms with Crippen LogP contribution < -0.4 is 0 Å². The molecule has 1 unspecified atom stereocenters. The van der Waals surface area contributed by atoms with Crippen molar-refractivity contribution in [1.82, 2.24) is 0 Å². The summed E-state index contributed by atoms with van der Waals surface area (Å²) in [4.78, 5) is 0. The van der Waals surface area contributed by atoms with E-state index in [-0.39, 0.29) is 0 Å². The average molecular weight is 178 g/mol. The van der Waals surface area contributed by atoms with Gasteiger partial charge in [-0.3, -0.25) is 0 Å². The van der Waals surface area contributed by atoms with Crippen LogP contribution in [0.5, 0.6) is 0 Å². The first-order chi connectivity index (χ1) is 6.24. The molecule has 1 aliphatic carbocycles. The molecule has 0 radical (unpaired) electrons. The Bertz CT molecular complexity index is 208. The van der Waals surface area contributed by atoms with Crippen molar-refractivity contribution in [3.63, 3.8) is 0 Å². The zero-order chi connectivity index (χ0) is 9.68. The predicted molar refractivity (Wildman–Crippen MR) is 59.8 cm³/mol. The molecular weight excluding hydrogens is 156 g/mol. The van der Waals surface area contributed by atoms with Crippen molar-refractivity contribution >= 4 is 0 Å². The zero-order valence-corrected chi connectivity index (χ0v) is 9.27. The molecule has 0 heterocycles. The highest BCUT2D eigenvalue weighted by Crippen LogP contribution is 2.22. The second-order valence-corrected chi connectivity index (χ2v) is 4.24. The minimum absolute atomic E-state index is 0.781. The Hall–Kier alpha value is -0.520. The lowest BCUT2D eigenvalue weighted by atomic mass is 9.99. The summed E-state index contributed by atoms with van der Waals surface area (Å²) in [5, 5.41) is 0. The fourth-order valence-electron chi connectivity index (χ4n) is 2.03. The van der Waals surface area contributed by atoms with Crippen molar-refractivity contribution in [1.29, 1.82) is 0 Å². The smallest absolute Gasteiger partial charge is 0.0136 e. The third-order valence-electron chi connectivity index (χ3n) is 3.07. The number of allylic oxidation sites excluding steroid dienone is 4. The van der Waals surface area contributed by atoms with Crippen LogP contribution in [0.4, 0.5) is 0 Å². The Morgan fingerprint density at radius 1 is 1.46 bits per heavy atom. The summed E-state index contributed by atoms with van der Waals surface area (Å²) in [7, 11) is 0. The lowest BCUT2D eigenvalue weighted by molar-refractivity contribution is 0.605. The number of rotatable bonds is 1. The summed E-state index contributed by atoms with van der Waals surface area (Å²) in [6, 6.07) is 0. The van der Waals surface area contributed by atoms with Crippen LogP contribution in [0.2, 0.25) is 0 Å². The maximum Gasteiger partial charge on any atom is -0.0136 e. The molecule has 1 rings (SSSR count). The number of hydrogen-bond donors (Lipinski definition) is 0. The maximum atomic E-state index is 2.38. The molecule has 13 heavy (non-hydrogen) atoms. The van der Waals surface area contributed by atoms with Crippen LogP contribution in [0.15, 0.2) is 23.3 Å². The molecule has 1 aliphatic rings. The predicted octanol–water partition coefficient (Wildman–Crippen LogP) is 4.48. The first-order valence-corrected chi connectivity index (χ1v) is 5.58. The Morgan fingerprint density at radius 3 is 2.92 bits per heavy atom. The largest absolute Gasteiger partial charge is 0.0854 e. The standard InChI is InChI=1S/C13H22/c1-4-13-10-6-8-11(2)7-5-9-12(13)3/h6,8,11H,4-5,7,9-10H2,1-3H3. The van der Waals surface area contributed by atoms with Crippen molar-refractivity contribution in [2.75, 3.05) is 0 Å². The minimum Gasteiger partial charge on any atom is -0.0854 e. The van der Waals surface area contributed by atoms with Gasteiger partial charge < -0.3 is 0 Å². The molecule has 0 aromatic rings.